The molecule has 0 aliphatic carbocycles. The smallest absolute Gasteiger partial charge is 0.111 e. The molecule has 1 N–H and O–H groups in total. The second-order valence-corrected chi connectivity index (χ2v) is 5.21. The van der Waals surface area contributed by atoms with Gasteiger partial charge in [-0.05, 0) is 12.8 Å². The van der Waals surface area contributed by atoms with Gasteiger partial charge >= 0.3 is 0 Å². The first-order valence-corrected chi connectivity index (χ1v) is 5.98. The maximum Gasteiger partial charge on any atom is 0.111 e. The Labute approximate surface area is 90.9 Å². The van der Waals surface area contributed by atoms with Crippen molar-refractivity contribution in [3.05, 3.63) is 17.2 Å². The number of aromatic nitrogens is 2. The minimum Gasteiger partial charge on any atom is -0.334 e. The van der Waals surface area contributed by atoms with Gasteiger partial charge in [-0.1, -0.05) is 13.8 Å². The molecule has 3 heterocycles. The van der Waals surface area contributed by atoms with Crippen LogP contribution in [-0.4, -0.2) is 15.6 Å². The van der Waals surface area contributed by atoms with Gasteiger partial charge in [0, 0.05) is 31.1 Å². The highest BCUT2D eigenvalue weighted by molar-refractivity contribution is 5.28. The van der Waals surface area contributed by atoms with Crippen molar-refractivity contribution in [2.75, 3.05) is 0 Å². The summed E-state index contributed by atoms with van der Waals surface area (Å²) in [5.74, 6) is 1.77. The summed E-state index contributed by atoms with van der Waals surface area (Å²) in [5, 5.41) is 3.65. The summed E-state index contributed by atoms with van der Waals surface area (Å²) >= 11 is 0. The van der Waals surface area contributed by atoms with Gasteiger partial charge in [-0.15, -0.1) is 0 Å². The van der Waals surface area contributed by atoms with Gasteiger partial charge in [-0.25, -0.2) is 4.98 Å². The second kappa shape index (κ2) is 3.08. The van der Waals surface area contributed by atoms with Crippen LogP contribution >= 0.6 is 0 Å². The average molecular weight is 205 g/mol. The number of hydrogen-bond acceptors (Lipinski definition) is 2. The third-order valence-corrected chi connectivity index (χ3v) is 3.81. The molecule has 0 saturated carbocycles. The highest BCUT2D eigenvalue weighted by Crippen LogP contribution is 2.36. The molecule has 3 heteroatoms. The Hall–Kier alpha value is -0.830. The number of nitrogens with zero attached hydrogens (tertiary/aromatic N) is 2. The summed E-state index contributed by atoms with van der Waals surface area (Å²) in [6.07, 6.45) is 3.76. The number of imidazole rings is 1. The van der Waals surface area contributed by atoms with E-state index in [2.05, 4.69) is 30.8 Å². The third kappa shape index (κ3) is 1.26. The van der Waals surface area contributed by atoms with Gasteiger partial charge in [-0.3, -0.25) is 0 Å². The summed E-state index contributed by atoms with van der Waals surface area (Å²) in [5.41, 5.74) is 2.81. The van der Waals surface area contributed by atoms with Crippen LogP contribution in [0.4, 0.5) is 0 Å². The van der Waals surface area contributed by atoms with Crippen molar-refractivity contribution in [2.24, 2.45) is 7.05 Å². The molecule has 0 spiro atoms. The molecule has 0 radical (unpaired) electrons. The summed E-state index contributed by atoms with van der Waals surface area (Å²) in [7, 11) is 2.17. The van der Waals surface area contributed by atoms with Gasteiger partial charge in [-0.2, -0.15) is 0 Å². The Kier molecular flexibility index (Phi) is 1.93. The number of nitrogens with one attached hydrogen (secondary N) is 1. The van der Waals surface area contributed by atoms with Gasteiger partial charge in [0.1, 0.15) is 5.82 Å². The van der Waals surface area contributed by atoms with Crippen LogP contribution in [0, 0.1) is 0 Å². The van der Waals surface area contributed by atoms with Crippen LogP contribution in [0.3, 0.4) is 0 Å². The lowest BCUT2D eigenvalue weighted by Gasteiger charge is -2.21. The van der Waals surface area contributed by atoms with Gasteiger partial charge in [0.15, 0.2) is 0 Å². The van der Waals surface area contributed by atoms with E-state index in [0.717, 1.165) is 0 Å². The molecule has 0 aromatic carbocycles. The van der Waals surface area contributed by atoms with E-state index in [9.17, 15) is 0 Å². The first-order chi connectivity index (χ1) is 7.16. The van der Waals surface area contributed by atoms with Crippen molar-refractivity contribution in [1.29, 1.82) is 0 Å². The topological polar surface area (TPSA) is 29.9 Å². The predicted octanol–water partition coefficient (Wildman–Crippen LogP) is 1.89. The summed E-state index contributed by atoms with van der Waals surface area (Å²) < 4.78 is 2.33. The molecule has 2 unspecified atom stereocenters. The Morgan fingerprint density at radius 1 is 1.40 bits per heavy atom. The zero-order valence-corrected chi connectivity index (χ0v) is 9.75. The molecular formula is C12H19N3. The first kappa shape index (κ1) is 9.40. The molecule has 82 valence electrons. The fraction of sp³-hybridized carbons (Fsp3) is 0.750. The van der Waals surface area contributed by atoms with Crippen LogP contribution in [0.5, 0.6) is 0 Å². The van der Waals surface area contributed by atoms with Gasteiger partial charge in [0.25, 0.3) is 0 Å². The molecule has 1 aromatic heterocycles. The monoisotopic (exact) mass is 205 g/mol. The average Bonchev–Trinajstić information content (AvgIpc) is 2.72. The lowest BCUT2D eigenvalue weighted by molar-refractivity contribution is 0.495. The molecule has 0 amide bonds. The standard InChI is InChI=1S/C12H19N3/c1-7(2)12-14-11-9-5-4-8(13-9)6-10(11)15(12)3/h7-9,13H,4-6H2,1-3H3. The SMILES string of the molecule is CC(C)c1nc2c(n1C)CC1CCC2N1. The molecule has 2 aliphatic rings. The number of hydrogen-bond donors (Lipinski definition) is 1. The van der Waals surface area contributed by atoms with E-state index in [4.69, 9.17) is 4.98 Å². The molecular weight excluding hydrogens is 186 g/mol. The van der Waals surface area contributed by atoms with E-state index in [1.807, 2.05) is 0 Å². The zero-order chi connectivity index (χ0) is 10.6. The molecule has 15 heavy (non-hydrogen) atoms. The zero-order valence-electron chi connectivity index (χ0n) is 9.75. The molecule has 1 aromatic rings. The Bertz CT molecular complexity index is 392. The number of rotatable bonds is 1. The molecule has 1 fully saturated rings. The van der Waals surface area contributed by atoms with Crippen molar-refractivity contribution in [2.45, 2.75) is 51.1 Å². The van der Waals surface area contributed by atoms with Crippen molar-refractivity contribution >= 4 is 0 Å². The highest BCUT2D eigenvalue weighted by Gasteiger charge is 2.36. The minimum absolute atomic E-state index is 0.527. The maximum absolute atomic E-state index is 4.83. The third-order valence-electron chi connectivity index (χ3n) is 3.81. The fourth-order valence-corrected chi connectivity index (χ4v) is 3.04. The van der Waals surface area contributed by atoms with Crippen LogP contribution in [0.1, 0.15) is 55.9 Å². The molecule has 2 atom stereocenters. The molecule has 3 nitrogen and oxygen atoms in total. The molecule has 2 bridgehead atoms. The maximum atomic E-state index is 4.83. The normalized spacial score (nSPS) is 28.5. The van der Waals surface area contributed by atoms with Crippen molar-refractivity contribution in [3.63, 3.8) is 0 Å². The summed E-state index contributed by atoms with van der Waals surface area (Å²) in [6.45, 7) is 4.44. The van der Waals surface area contributed by atoms with Crippen LogP contribution < -0.4 is 5.32 Å². The van der Waals surface area contributed by atoms with Crippen LogP contribution in [0.25, 0.3) is 0 Å². The summed E-state index contributed by atoms with van der Waals surface area (Å²) in [4.78, 5) is 4.83. The van der Waals surface area contributed by atoms with E-state index in [1.54, 1.807) is 0 Å². The van der Waals surface area contributed by atoms with Gasteiger partial charge < -0.3 is 9.88 Å². The van der Waals surface area contributed by atoms with Crippen molar-refractivity contribution in [3.8, 4) is 0 Å². The van der Waals surface area contributed by atoms with Crippen LogP contribution in [-0.2, 0) is 13.5 Å². The Morgan fingerprint density at radius 2 is 2.20 bits per heavy atom. The Morgan fingerprint density at radius 3 is 2.93 bits per heavy atom. The van der Waals surface area contributed by atoms with Crippen LogP contribution in [0.15, 0.2) is 0 Å². The number of fused-ring (bicyclic) bond motifs is 4. The van der Waals surface area contributed by atoms with Gasteiger partial charge in [0.2, 0.25) is 0 Å². The van der Waals surface area contributed by atoms with E-state index in [-0.39, 0.29) is 0 Å². The molecule has 3 rings (SSSR count). The Balaban J connectivity index is 2.10. The second-order valence-electron chi connectivity index (χ2n) is 5.21. The summed E-state index contributed by atoms with van der Waals surface area (Å²) in [6, 6.07) is 1.25. The van der Waals surface area contributed by atoms with E-state index in [1.165, 1.54) is 36.5 Å². The van der Waals surface area contributed by atoms with E-state index >= 15 is 0 Å². The van der Waals surface area contributed by atoms with Crippen molar-refractivity contribution in [1.82, 2.24) is 14.9 Å². The van der Waals surface area contributed by atoms with Gasteiger partial charge in [0.05, 0.1) is 11.7 Å². The lowest BCUT2D eigenvalue weighted by atomic mass is 10.1. The van der Waals surface area contributed by atoms with Crippen molar-refractivity contribution < 1.29 is 0 Å². The molecule has 1 saturated heterocycles. The van der Waals surface area contributed by atoms with E-state index < -0.39 is 0 Å². The highest BCUT2D eigenvalue weighted by atomic mass is 15.1. The fourth-order valence-electron chi connectivity index (χ4n) is 3.04. The largest absolute Gasteiger partial charge is 0.334 e. The van der Waals surface area contributed by atoms with E-state index in [0.29, 0.717) is 18.0 Å². The lowest BCUT2D eigenvalue weighted by Crippen LogP contribution is -2.32. The quantitative estimate of drug-likeness (QED) is 0.759. The first-order valence-electron chi connectivity index (χ1n) is 5.98. The van der Waals surface area contributed by atoms with Crippen LogP contribution in [0.2, 0.25) is 0 Å². The minimum atomic E-state index is 0.527. The molecule has 2 aliphatic heterocycles. The predicted molar refractivity (Wildman–Crippen MR) is 59.9 cm³/mol.